The van der Waals surface area contributed by atoms with Crippen LogP contribution in [0.5, 0.6) is 0 Å². The van der Waals surface area contributed by atoms with Gasteiger partial charge in [0, 0.05) is 13.1 Å². The fourth-order valence-corrected chi connectivity index (χ4v) is 3.99. The molecular formula is C26H29N7O7. The van der Waals surface area contributed by atoms with Crippen molar-refractivity contribution in [2.45, 2.75) is 31.5 Å². The van der Waals surface area contributed by atoms with Gasteiger partial charge in [-0.3, -0.25) is 14.5 Å². The van der Waals surface area contributed by atoms with E-state index in [2.05, 4.69) is 31.2 Å². The Morgan fingerprint density at radius 3 is 2.58 bits per heavy atom. The maximum atomic E-state index is 12.7. The quantitative estimate of drug-likeness (QED) is 0.133. The van der Waals surface area contributed by atoms with Crippen molar-refractivity contribution in [2.24, 2.45) is 0 Å². The zero-order valence-corrected chi connectivity index (χ0v) is 21.4. The highest BCUT2D eigenvalue weighted by Gasteiger charge is 2.38. The average molecular weight is 552 g/mol. The Kier molecular flexibility index (Phi) is 9.12. The number of hydrogen-bond donors (Lipinski definition) is 6. The summed E-state index contributed by atoms with van der Waals surface area (Å²) < 4.78 is 5.00. The molecule has 14 heteroatoms. The van der Waals surface area contributed by atoms with Crippen LogP contribution in [0.25, 0.3) is 11.0 Å². The fourth-order valence-electron chi connectivity index (χ4n) is 3.99. The molecule has 1 aliphatic heterocycles. The second-order valence-corrected chi connectivity index (χ2v) is 9.00. The highest BCUT2D eigenvalue weighted by Crippen LogP contribution is 2.14. The van der Waals surface area contributed by atoms with Crippen molar-refractivity contribution >= 4 is 46.9 Å². The van der Waals surface area contributed by atoms with Crippen LogP contribution in [0.3, 0.4) is 0 Å². The van der Waals surface area contributed by atoms with E-state index in [1.165, 1.54) is 0 Å². The number of alkyl carbamates (subject to hydrolysis) is 1. The Balaban J connectivity index is 1.17. The van der Waals surface area contributed by atoms with Crippen LogP contribution >= 0.6 is 0 Å². The fraction of sp³-hybridized carbons (Fsp3) is 0.308. The Labute approximate surface area is 228 Å². The first kappa shape index (κ1) is 27.9. The van der Waals surface area contributed by atoms with Gasteiger partial charge in [0.15, 0.2) is 0 Å². The number of carboxylic acid groups (broad SMARTS) is 1. The topological polar surface area (TPSA) is 195 Å². The number of benzene rings is 2. The van der Waals surface area contributed by atoms with Crippen LogP contribution in [-0.2, 0) is 25.7 Å². The molecule has 4 rings (SSSR count). The molecule has 14 nitrogen and oxygen atoms in total. The van der Waals surface area contributed by atoms with Gasteiger partial charge in [0.25, 0.3) is 5.91 Å². The number of H-pyrrole nitrogens is 1. The van der Waals surface area contributed by atoms with Crippen molar-refractivity contribution in [3.8, 4) is 0 Å². The maximum absolute atomic E-state index is 12.7. The Hall–Kier alpha value is -5.14. The van der Waals surface area contributed by atoms with Gasteiger partial charge in [-0.25, -0.2) is 19.4 Å². The number of aromatic nitrogens is 2. The number of anilines is 1. The minimum Gasteiger partial charge on any atom is -0.480 e. The number of nitrogens with zero attached hydrogens (tertiary/aromatic N) is 2. The number of nitrogens with one attached hydrogen (secondary N) is 5. The molecule has 6 N–H and O–H groups in total. The maximum Gasteiger partial charge on any atom is 0.408 e. The van der Waals surface area contributed by atoms with Crippen molar-refractivity contribution in [2.75, 3.05) is 25.0 Å². The van der Waals surface area contributed by atoms with Crippen molar-refractivity contribution < 1.29 is 33.8 Å². The van der Waals surface area contributed by atoms with Crippen LogP contribution in [0.4, 0.5) is 15.5 Å². The molecule has 0 saturated carbocycles. The predicted molar refractivity (Wildman–Crippen MR) is 142 cm³/mol. The highest BCUT2D eigenvalue weighted by atomic mass is 16.5. The number of rotatable bonds is 13. The lowest BCUT2D eigenvalue weighted by molar-refractivity contribution is -0.139. The second kappa shape index (κ2) is 13.1. The van der Waals surface area contributed by atoms with Gasteiger partial charge in [0.2, 0.25) is 11.9 Å². The molecule has 2 heterocycles. The molecule has 3 aromatic rings. The lowest BCUT2D eigenvalue weighted by atomic mass is 10.1. The van der Waals surface area contributed by atoms with Gasteiger partial charge in [-0.05, 0) is 30.5 Å². The standard InChI is InChI=1S/C26H29N7O7/c34-21(28-13-20(23(36)37)32-26(39)40-15-16-7-2-1-3-8-16)14-33-22(35)19(31-25(33)38)11-6-12-27-24-29-17-9-4-5-10-18(17)30-24/h1-5,7-10,19-20H,6,11-15H2,(H,28,34)(H,31,38)(H,32,39)(H,36,37)(H2,27,29,30)/t19-,20?/m0/s1. The van der Waals surface area contributed by atoms with E-state index < -0.39 is 55.1 Å². The third kappa shape index (κ3) is 7.46. The van der Waals surface area contributed by atoms with Crippen molar-refractivity contribution in [3.63, 3.8) is 0 Å². The molecule has 0 radical (unpaired) electrons. The zero-order chi connectivity index (χ0) is 28.5. The van der Waals surface area contributed by atoms with E-state index in [1.54, 1.807) is 30.3 Å². The summed E-state index contributed by atoms with van der Waals surface area (Å²) in [7, 11) is 0. The van der Waals surface area contributed by atoms with Gasteiger partial charge in [0.05, 0.1) is 11.0 Å². The van der Waals surface area contributed by atoms with Gasteiger partial charge >= 0.3 is 18.1 Å². The molecule has 5 amide bonds. The first-order chi connectivity index (χ1) is 19.3. The number of hydrogen-bond acceptors (Lipinski definition) is 8. The average Bonchev–Trinajstić information content (AvgIpc) is 3.48. The molecule has 1 aromatic heterocycles. The van der Waals surface area contributed by atoms with Crippen LogP contribution in [-0.4, -0.2) is 81.6 Å². The van der Waals surface area contributed by atoms with Crippen molar-refractivity contribution in [1.82, 2.24) is 30.8 Å². The third-order valence-electron chi connectivity index (χ3n) is 6.07. The monoisotopic (exact) mass is 551 g/mol. The Bertz CT molecular complexity index is 1340. The summed E-state index contributed by atoms with van der Waals surface area (Å²) in [5.74, 6) is -2.12. The number of aliphatic carboxylic acids is 1. The number of para-hydroxylation sites is 2. The predicted octanol–water partition coefficient (Wildman–Crippen LogP) is 1.17. The Morgan fingerprint density at radius 1 is 1.07 bits per heavy atom. The first-order valence-corrected chi connectivity index (χ1v) is 12.6. The number of aromatic amines is 1. The zero-order valence-electron chi connectivity index (χ0n) is 21.4. The number of fused-ring (bicyclic) bond motifs is 1. The number of urea groups is 1. The molecule has 1 saturated heterocycles. The van der Waals surface area contributed by atoms with Crippen LogP contribution in [0.1, 0.15) is 18.4 Å². The minimum absolute atomic E-state index is 0.0608. The van der Waals surface area contributed by atoms with Gasteiger partial charge in [-0.15, -0.1) is 0 Å². The summed E-state index contributed by atoms with van der Waals surface area (Å²) in [4.78, 5) is 69.1. The number of amides is 5. The lowest BCUT2D eigenvalue weighted by Gasteiger charge is -2.17. The Morgan fingerprint density at radius 2 is 1.82 bits per heavy atom. The number of ether oxygens (including phenoxy) is 1. The van der Waals surface area contributed by atoms with Crippen LogP contribution in [0.15, 0.2) is 54.6 Å². The molecule has 1 unspecified atom stereocenters. The smallest absolute Gasteiger partial charge is 0.408 e. The van der Waals surface area contributed by atoms with E-state index in [-0.39, 0.29) is 6.61 Å². The van der Waals surface area contributed by atoms with Crippen molar-refractivity contribution in [3.05, 3.63) is 60.2 Å². The van der Waals surface area contributed by atoms with Crippen LogP contribution < -0.4 is 21.3 Å². The van der Waals surface area contributed by atoms with E-state index >= 15 is 0 Å². The lowest BCUT2D eigenvalue weighted by Crippen LogP contribution is -2.50. The molecule has 40 heavy (non-hydrogen) atoms. The molecule has 210 valence electrons. The molecule has 0 aliphatic carbocycles. The molecule has 1 fully saturated rings. The molecule has 2 aromatic carbocycles. The van der Waals surface area contributed by atoms with Crippen molar-refractivity contribution in [1.29, 1.82) is 0 Å². The summed E-state index contributed by atoms with van der Waals surface area (Å²) in [6, 6.07) is 13.4. The molecular weight excluding hydrogens is 522 g/mol. The summed E-state index contributed by atoms with van der Waals surface area (Å²) in [5.41, 5.74) is 2.43. The van der Waals surface area contributed by atoms with Crippen LogP contribution in [0, 0.1) is 0 Å². The molecule has 0 bridgehead atoms. The van der Waals surface area contributed by atoms with Gasteiger partial charge < -0.3 is 36.1 Å². The normalized spacial score (nSPS) is 15.4. The number of carbonyl (C=O) groups excluding carboxylic acids is 4. The third-order valence-corrected chi connectivity index (χ3v) is 6.07. The molecule has 0 spiro atoms. The summed E-state index contributed by atoms with van der Waals surface area (Å²) in [5, 5.41) is 19.6. The summed E-state index contributed by atoms with van der Waals surface area (Å²) >= 11 is 0. The molecule has 1 aliphatic rings. The van der Waals surface area contributed by atoms with E-state index in [0.717, 1.165) is 15.9 Å². The minimum atomic E-state index is -1.48. The molecule has 2 atom stereocenters. The van der Waals surface area contributed by atoms with Crippen LogP contribution in [0.2, 0.25) is 0 Å². The number of imide groups is 1. The van der Waals surface area contributed by atoms with E-state index in [9.17, 15) is 29.1 Å². The van der Waals surface area contributed by atoms with Gasteiger partial charge in [-0.2, -0.15) is 0 Å². The highest BCUT2D eigenvalue weighted by molar-refractivity contribution is 6.06. The number of carbonyl (C=O) groups is 5. The van der Waals surface area contributed by atoms with Gasteiger partial charge in [-0.1, -0.05) is 42.5 Å². The summed E-state index contributed by atoms with van der Waals surface area (Å²) in [6.07, 6.45) is -0.0937. The second-order valence-electron chi connectivity index (χ2n) is 9.00. The largest absolute Gasteiger partial charge is 0.480 e. The number of imidazole rings is 1. The first-order valence-electron chi connectivity index (χ1n) is 12.6. The van der Waals surface area contributed by atoms with E-state index in [1.807, 2.05) is 24.3 Å². The van der Waals surface area contributed by atoms with Gasteiger partial charge in [0.1, 0.15) is 25.2 Å². The van der Waals surface area contributed by atoms with E-state index in [4.69, 9.17) is 4.74 Å². The summed E-state index contributed by atoms with van der Waals surface area (Å²) in [6.45, 7) is -0.635. The van der Waals surface area contributed by atoms with E-state index in [0.29, 0.717) is 30.9 Å². The SMILES string of the molecule is O=C(CN1C(=O)N[C@@H](CCCNc2nc3ccccc3[nH]2)C1=O)NCC(NC(=O)OCc1ccccc1)C(=O)O. The number of carboxylic acids is 1.